The van der Waals surface area contributed by atoms with Crippen LogP contribution in [0.1, 0.15) is 32.6 Å². The molecular formula is C11H23N5O. The number of hydrogen-bond donors (Lipinski definition) is 3. The molecule has 0 aromatic rings. The molecule has 1 fully saturated rings. The standard InChI is InChI=1S/C11H23N5O/c1-11(13,10(12)17)9-5-3-8(4-6-9)7-15-16(2)14/h7-9H,3-6,13-14H2,1-2H3,(H2,12,17)/t8-,9-,11?. The van der Waals surface area contributed by atoms with Crippen molar-refractivity contribution in [3.8, 4) is 0 Å². The first-order valence-electron chi connectivity index (χ1n) is 5.95. The maximum Gasteiger partial charge on any atom is 0.237 e. The molecule has 1 aliphatic rings. The first-order chi connectivity index (χ1) is 7.84. The molecule has 0 aromatic heterocycles. The summed E-state index contributed by atoms with van der Waals surface area (Å²) in [5.74, 6) is 5.56. The molecule has 1 rings (SSSR count). The van der Waals surface area contributed by atoms with Gasteiger partial charge in [-0.1, -0.05) is 0 Å². The minimum absolute atomic E-state index is 0.167. The third kappa shape index (κ3) is 3.67. The Morgan fingerprint density at radius 3 is 2.35 bits per heavy atom. The van der Waals surface area contributed by atoms with Gasteiger partial charge in [-0.05, 0) is 44.4 Å². The minimum Gasteiger partial charge on any atom is -0.368 e. The van der Waals surface area contributed by atoms with E-state index in [9.17, 15) is 4.79 Å². The van der Waals surface area contributed by atoms with Gasteiger partial charge in [-0.2, -0.15) is 5.10 Å². The molecule has 0 bridgehead atoms. The number of nitrogens with two attached hydrogens (primary N) is 3. The first kappa shape index (κ1) is 13.9. The molecule has 0 radical (unpaired) electrons. The first-order valence-corrected chi connectivity index (χ1v) is 5.95. The van der Waals surface area contributed by atoms with Gasteiger partial charge >= 0.3 is 0 Å². The SMILES string of the molecule is CN(N)N=C[C@H]1CC[C@H](C(C)(N)C(N)=O)CC1. The number of carbonyl (C=O) groups is 1. The molecule has 6 nitrogen and oxygen atoms in total. The molecule has 1 aliphatic carbocycles. The Morgan fingerprint density at radius 2 is 1.94 bits per heavy atom. The second kappa shape index (κ2) is 5.46. The number of hydrazone groups is 1. The summed E-state index contributed by atoms with van der Waals surface area (Å²) in [5.41, 5.74) is 10.4. The fourth-order valence-electron chi connectivity index (χ4n) is 2.27. The van der Waals surface area contributed by atoms with Crippen molar-refractivity contribution in [1.82, 2.24) is 5.12 Å². The number of hydrazine groups is 1. The van der Waals surface area contributed by atoms with Crippen molar-refractivity contribution in [2.24, 2.45) is 34.2 Å². The average Bonchev–Trinajstić information content (AvgIpc) is 2.26. The molecule has 98 valence electrons. The van der Waals surface area contributed by atoms with Crippen molar-refractivity contribution in [1.29, 1.82) is 0 Å². The van der Waals surface area contributed by atoms with Crippen molar-refractivity contribution in [2.45, 2.75) is 38.1 Å². The van der Waals surface area contributed by atoms with E-state index in [4.69, 9.17) is 17.3 Å². The van der Waals surface area contributed by atoms with Gasteiger partial charge in [0.2, 0.25) is 5.91 Å². The molecule has 6 heteroatoms. The lowest BCUT2D eigenvalue weighted by molar-refractivity contribution is -0.124. The minimum atomic E-state index is -0.896. The van der Waals surface area contributed by atoms with Crippen LogP contribution in [0.3, 0.4) is 0 Å². The number of amides is 1. The molecule has 1 amide bonds. The fourth-order valence-corrected chi connectivity index (χ4v) is 2.27. The van der Waals surface area contributed by atoms with E-state index in [1.54, 1.807) is 14.0 Å². The molecule has 0 spiro atoms. The van der Waals surface area contributed by atoms with E-state index in [1.165, 1.54) is 5.12 Å². The molecule has 0 heterocycles. The lowest BCUT2D eigenvalue weighted by Gasteiger charge is -2.36. The molecule has 17 heavy (non-hydrogen) atoms. The van der Waals surface area contributed by atoms with Gasteiger partial charge in [-0.3, -0.25) is 4.79 Å². The monoisotopic (exact) mass is 241 g/mol. The fraction of sp³-hybridized carbons (Fsp3) is 0.818. The predicted octanol–water partition coefficient (Wildman–Crippen LogP) is -0.213. The zero-order valence-corrected chi connectivity index (χ0v) is 10.6. The zero-order valence-electron chi connectivity index (χ0n) is 10.6. The van der Waals surface area contributed by atoms with Gasteiger partial charge in [0.15, 0.2) is 0 Å². The topological polar surface area (TPSA) is 111 Å². The number of hydrogen-bond acceptors (Lipinski definition) is 5. The third-order valence-electron chi connectivity index (χ3n) is 3.61. The number of rotatable bonds is 4. The summed E-state index contributed by atoms with van der Waals surface area (Å²) in [4.78, 5) is 11.3. The summed E-state index contributed by atoms with van der Waals surface area (Å²) in [6.07, 6.45) is 5.63. The van der Waals surface area contributed by atoms with Crippen LogP contribution >= 0.6 is 0 Å². The Labute approximate surface area is 102 Å². The Balaban J connectivity index is 2.48. The summed E-state index contributed by atoms with van der Waals surface area (Å²) < 4.78 is 0. The summed E-state index contributed by atoms with van der Waals surface area (Å²) in [6.45, 7) is 1.72. The largest absolute Gasteiger partial charge is 0.368 e. The highest BCUT2D eigenvalue weighted by Gasteiger charge is 2.37. The smallest absolute Gasteiger partial charge is 0.237 e. The van der Waals surface area contributed by atoms with E-state index >= 15 is 0 Å². The van der Waals surface area contributed by atoms with Gasteiger partial charge < -0.3 is 11.5 Å². The maximum atomic E-state index is 11.3. The van der Waals surface area contributed by atoms with Gasteiger partial charge in [-0.15, -0.1) is 0 Å². The van der Waals surface area contributed by atoms with E-state index in [0.717, 1.165) is 25.7 Å². The quantitative estimate of drug-likeness (QED) is 0.359. The molecule has 1 unspecified atom stereocenters. The van der Waals surface area contributed by atoms with E-state index in [1.807, 2.05) is 6.21 Å². The van der Waals surface area contributed by atoms with Gasteiger partial charge in [0.05, 0.1) is 5.54 Å². The van der Waals surface area contributed by atoms with E-state index in [-0.39, 0.29) is 5.92 Å². The van der Waals surface area contributed by atoms with Crippen molar-refractivity contribution in [3.05, 3.63) is 0 Å². The van der Waals surface area contributed by atoms with Gasteiger partial charge in [0, 0.05) is 13.3 Å². The Kier molecular flexibility index (Phi) is 4.47. The van der Waals surface area contributed by atoms with Gasteiger partial charge in [-0.25, -0.2) is 11.0 Å². The van der Waals surface area contributed by atoms with Crippen molar-refractivity contribution in [3.63, 3.8) is 0 Å². The molecule has 0 aromatic carbocycles. The summed E-state index contributed by atoms with van der Waals surface area (Å²) >= 11 is 0. The summed E-state index contributed by atoms with van der Waals surface area (Å²) in [5, 5.41) is 5.33. The highest BCUT2D eigenvalue weighted by atomic mass is 16.1. The second-order valence-corrected chi connectivity index (χ2v) is 5.10. The highest BCUT2D eigenvalue weighted by Crippen LogP contribution is 2.33. The van der Waals surface area contributed by atoms with Crippen LogP contribution < -0.4 is 17.3 Å². The molecule has 0 saturated heterocycles. The summed E-state index contributed by atoms with van der Waals surface area (Å²) in [6, 6.07) is 0. The second-order valence-electron chi connectivity index (χ2n) is 5.10. The molecule has 0 aliphatic heterocycles. The number of primary amides is 1. The maximum absolute atomic E-state index is 11.3. The zero-order chi connectivity index (χ0) is 13.1. The van der Waals surface area contributed by atoms with Crippen molar-refractivity contribution in [2.75, 3.05) is 7.05 Å². The highest BCUT2D eigenvalue weighted by molar-refractivity contribution is 5.84. The van der Waals surface area contributed by atoms with Crippen LogP contribution in [0.15, 0.2) is 5.10 Å². The van der Waals surface area contributed by atoms with Crippen LogP contribution in [-0.2, 0) is 4.79 Å². The van der Waals surface area contributed by atoms with E-state index < -0.39 is 11.4 Å². The molecule has 1 atom stereocenters. The molecule has 6 N–H and O–H groups in total. The van der Waals surface area contributed by atoms with Crippen LogP contribution in [0.4, 0.5) is 0 Å². The molecular weight excluding hydrogens is 218 g/mol. The predicted molar refractivity (Wildman–Crippen MR) is 67.7 cm³/mol. The Bertz CT molecular complexity index is 292. The van der Waals surface area contributed by atoms with Crippen LogP contribution in [0.2, 0.25) is 0 Å². The van der Waals surface area contributed by atoms with Crippen LogP contribution in [0.5, 0.6) is 0 Å². The normalized spacial score (nSPS) is 28.9. The van der Waals surface area contributed by atoms with Crippen LogP contribution in [0.25, 0.3) is 0 Å². The lowest BCUT2D eigenvalue weighted by atomic mass is 9.73. The Hall–Kier alpha value is -1.14. The number of carbonyl (C=O) groups excluding carboxylic acids is 1. The lowest BCUT2D eigenvalue weighted by Crippen LogP contribution is -2.55. The van der Waals surface area contributed by atoms with E-state index in [0.29, 0.717) is 5.92 Å². The molecule has 1 saturated carbocycles. The van der Waals surface area contributed by atoms with Crippen LogP contribution in [-0.4, -0.2) is 29.8 Å². The van der Waals surface area contributed by atoms with Gasteiger partial charge in [0.1, 0.15) is 0 Å². The number of nitrogens with zero attached hydrogens (tertiary/aromatic N) is 2. The van der Waals surface area contributed by atoms with Crippen LogP contribution in [0, 0.1) is 11.8 Å². The van der Waals surface area contributed by atoms with Gasteiger partial charge in [0.25, 0.3) is 0 Å². The van der Waals surface area contributed by atoms with Crippen molar-refractivity contribution >= 4 is 12.1 Å². The average molecular weight is 241 g/mol. The summed E-state index contributed by atoms with van der Waals surface area (Å²) in [7, 11) is 1.69. The third-order valence-corrected chi connectivity index (χ3v) is 3.61. The van der Waals surface area contributed by atoms with Crippen molar-refractivity contribution < 1.29 is 4.79 Å². The Morgan fingerprint density at radius 1 is 1.41 bits per heavy atom. The van der Waals surface area contributed by atoms with E-state index in [2.05, 4.69) is 5.10 Å².